The number of nitrogens with two attached hydrogens (primary N) is 1. The molecule has 21 heavy (non-hydrogen) atoms. The fourth-order valence-corrected chi connectivity index (χ4v) is 3.31. The lowest BCUT2D eigenvalue weighted by Crippen LogP contribution is -2.34. The van der Waals surface area contributed by atoms with Crippen LogP contribution in [0, 0.1) is 5.92 Å². The number of ether oxygens (including phenoxy) is 1. The van der Waals surface area contributed by atoms with E-state index >= 15 is 0 Å². The molecule has 1 fully saturated rings. The molecule has 1 aliphatic rings. The first-order chi connectivity index (χ1) is 10.0. The van der Waals surface area contributed by atoms with Crippen molar-refractivity contribution in [1.29, 1.82) is 0 Å². The molecule has 2 rings (SSSR count). The van der Waals surface area contributed by atoms with Crippen LogP contribution in [0.3, 0.4) is 0 Å². The standard InChI is InChI=1S/C17H26N2OS/c1-12-4-7-14(8-5-12)19(2)11-13-6-9-16(20-3)15(10-13)17(18)21/h6,9-10,12,14H,4-5,7-8,11H2,1-3H3,(H2,18,21). The fourth-order valence-electron chi connectivity index (χ4n) is 3.15. The molecule has 0 saturated heterocycles. The van der Waals surface area contributed by atoms with Crippen molar-refractivity contribution in [2.45, 2.75) is 45.2 Å². The van der Waals surface area contributed by atoms with Gasteiger partial charge in [-0.1, -0.05) is 25.2 Å². The molecule has 0 spiro atoms. The highest BCUT2D eigenvalue weighted by molar-refractivity contribution is 7.80. The number of benzene rings is 1. The molecule has 1 saturated carbocycles. The summed E-state index contributed by atoms with van der Waals surface area (Å²) in [5.41, 5.74) is 7.85. The van der Waals surface area contributed by atoms with E-state index < -0.39 is 0 Å². The van der Waals surface area contributed by atoms with E-state index in [4.69, 9.17) is 22.7 Å². The third kappa shape index (κ3) is 4.17. The highest BCUT2D eigenvalue weighted by Gasteiger charge is 2.21. The van der Waals surface area contributed by atoms with Gasteiger partial charge >= 0.3 is 0 Å². The summed E-state index contributed by atoms with van der Waals surface area (Å²) >= 11 is 5.11. The molecule has 0 heterocycles. The van der Waals surface area contributed by atoms with Gasteiger partial charge in [0.1, 0.15) is 10.7 Å². The topological polar surface area (TPSA) is 38.5 Å². The van der Waals surface area contributed by atoms with Crippen LogP contribution in [-0.2, 0) is 6.54 Å². The Balaban J connectivity index is 2.05. The Morgan fingerprint density at radius 1 is 1.33 bits per heavy atom. The molecule has 0 unspecified atom stereocenters. The van der Waals surface area contributed by atoms with Crippen molar-refractivity contribution >= 4 is 17.2 Å². The molecule has 1 aromatic carbocycles. The smallest absolute Gasteiger partial charge is 0.129 e. The summed E-state index contributed by atoms with van der Waals surface area (Å²) in [4.78, 5) is 2.85. The maximum absolute atomic E-state index is 5.79. The summed E-state index contributed by atoms with van der Waals surface area (Å²) in [6.45, 7) is 3.28. The van der Waals surface area contributed by atoms with Crippen LogP contribution in [0.1, 0.15) is 43.7 Å². The van der Waals surface area contributed by atoms with Gasteiger partial charge < -0.3 is 10.5 Å². The van der Waals surface area contributed by atoms with Crippen LogP contribution in [-0.4, -0.2) is 30.1 Å². The van der Waals surface area contributed by atoms with E-state index in [0.29, 0.717) is 11.0 Å². The van der Waals surface area contributed by atoms with Crippen LogP contribution in [0.2, 0.25) is 0 Å². The molecule has 0 amide bonds. The van der Waals surface area contributed by atoms with E-state index in [0.717, 1.165) is 23.8 Å². The minimum Gasteiger partial charge on any atom is -0.496 e. The Hall–Kier alpha value is -1.13. The zero-order valence-corrected chi connectivity index (χ0v) is 14.1. The van der Waals surface area contributed by atoms with Crippen molar-refractivity contribution in [2.75, 3.05) is 14.2 Å². The zero-order valence-electron chi connectivity index (χ0n) is 13.3. The first-order valence-electron chi connectivity index (χ1n) is 7.68. The molecule has 0 aromatic heterocycles. The summed E-state index contributed by atoms with van der Waals surface area (Å²) in [5, 5.41) is 0. The van der Waals surface area contributed by atoms with E-state index in [1.54, 1.807) is 7.11 Å². The quantitative estimate of drug-likeness (QED) is 0.847. The molecule has 2 N–H and O–H groups in total. The summed E-state index contributed by atoms with van der Waals surface area (Å²) in [6.07, 6.45) is 5.29. The Kier molecular flexibility index (Phi) is 5.59. The maximum Gasteiger partial charge on any atom is 0.129 e. The lowest BCUT2D eigenvalue weighted by Gasteiger charge is -2.33. The van der Waals surface area contributed by atoms with Gasteiger partial charge in [0.2, 0.25) is 0 Å². The summed E-state index contributed by atoms with van der Waals surface area (Å²) in [5.74, 6) is 1.64. The van der Waals surface area contributed by atoms with Gasteiger partial charge in [0.15, 0.2) is 0 Å². The van der Waals surface area contributed by atoms with Crippen molar-refractivity contribution in [3.8, 4) is 5.75 Å². The van der Waals surface area contributed by atoms with Gasteiger partial charge in [0.25, 0.3) is 0 Å². The number of methoxy groups -OCH3 is 1. The van der Waals surface area contributed by atoms with Gasteiger partial charge in [-0.3, -0.25) is 4.90 Å². The average molecular weight is 306 g/mol. The van der Waals surface area contributed by atoms with Crippen LogP contribution < -0.4 is 10.5 Å². The predicted octanol–water partition coefficient (Wildman–Crippen LogP) is 3.34. The highest BCUT2D eigenvalue weighted by Crippen LogP contribution is 2.28. The molecule has 1 aromatic rings. The average Bonchev–Trinajstić information content (AvgIpc) is 2.47. The lowest BCUT2D eigenvalue weighted by atomic mass is 9.86. The molecular weight excluding hydrogens is 280 g/mol. The van der Waals surface area contributed by atoms with E-state index in [1.807, 2.05) is 6.07 Å². The van der Waals surface area contributed by atoms with E-state index in [2.05, 4.69) is 31.0 Å². The second kappa shape index (κ2) is 7.23. The molecular formula is C17H26N2OS. The minimum absolute atomic E-state index is 0.392. The molecule has 1 aliphatic carbocycles. The third-order valence-electron chi connectivity index (χ3n) is 4.57. The SMILES string of the molecule is COc1ccc(CN(C)C2CCC(C)CC2)cc1C(N)=S. The van der Waals surface area contributed by atoms with E-state index in [9.17, 15) is 0 Å². The Morgan fingerprint density at radius 3 is 2.57 bits per heavy atom. The van der Waals surface area contributed by atoms with Gasteiger partial charge in [-0.25, -0.2) is 0 Å². The third-order valence-corrected chi connectivity index (χ3v) is 4.79. The van der Waals surface area contributed by atoms with Crippen LogP contribution >= 0.6 is 12.2 Å². The van der Waals surface area contributed by atoms with Gasteiger partial charge in [-0.15, -0.1) is 0 Å². The first kappa shape index (κ1) is 16.2. The lowest BCUT2D eigenvalue weighted by molar-refractivity contribution is 0.164. The van der Waals surface area contributed by atoms with E-state index in [1.165, 1.54) is 31.2 Å². The summed E-state index contributed by atoms with van der Waals surface area (Å²) in [6, 6.07) is 6.81. The molecule has 0 aliphatic heterocycles. The van der Waals surface area contributed by atoms with Crippen molar-refractivity contribution in [3.05, 3.63) is 29.3 Å². The number of thiocarbonyl (C=S) groups is 1. The van der Waals surface area contributed by atoms with Crippen LogP contribution in [0.25, 0.3) is 0 Å². The van der Waals surface area contributed by atoms with E-state index in [-0.39, 0.29) is 0 Å². The number of rotatable bonds is 5. The summed E-state index contributed by atoms with van der Waals surface area (Å²) in [7, 11) is 3.86. The normalized spacial score (nSPS) is 22.3. The van der Waals surface area contributed by atoms with Crippen LogP contribution in [0.5, 0.6) is 5.75 Å². The molecule has 0 atom stereocenters. The van der Waals surface area contributed by atoms with Crippen LogP contribution in [0.4, 0.5) is 0 Å². The fraction of sp³-hybridized carbons (Fsp3) is 0.588. The predicted molar refractivity (Wildman–Crippen MR) is 91.8 cm³/mol. The monoisotopic (exact) mass is 306 g/mol. The summed E-state index contributed by atoms with van der Waals surface area (Å²) < 4.78 is 5.31. The van der Waals surface area contributed by atoms with Gasteiger partial charge in [0, 0.05) is 12.6 Å². The van der Waals surface area contributed by atoms with Crippen molar-refractivity contribution in [3.63, 3.8) is 0 Å². The van der Waals surface area contributed by atoms with Gasteiger partial charge in [-0.2, -0.15) is 0 Å². The number of hydrogen-bond acceptors (Lipinski definition) is 3. The molecule has 0 radical (unpaired) electrons. The Morgan fingerprint density at radius 2 is 2.00 bits per heavy atom. The van der Waals surface area contributed by atoms with Crippen molar-refractivity contribution in [2.24, 2.45) is 11.7 Å². The second-order valence-corrected chi connectivity index (χ2v) is 6.67. The molecule has 116 valence electrons. The van der Waals surface area contributed by atoms with Crippen molar-refractivity contribution in [1.82, 2.24) is 4.90 Å². The van der Waals surface area contributed by atoms with Gasteiger partial charge in [-0.05, 0) is 56.3 Å². The largest absolute Gasteiger partial charge is 0.496 e. The molecule has 0 bridgehead atoms. The minimum atomic E-state index is 0.392. The maximum atomic E-state index is 5.79. The first-order valence-corrected chi connectivity index (χ1v) is 8.09. The number of hydrogen-bond donors (Lipinski definition) is 1. The highest BCUT2D eigenvalue weighted by atomic mass is 32.1. The molecule has 3 nitrogen and oxygen atoms in total. The molecule has 4 heteroatoms. The zero-order chi connectivity index (χ0) is 15.4. The van der Waals surface area contributed by atoms with Crippen LogP contribution in [0.15, 0.2) is 18.2 Å². The number of nitrogens with zero attached hydrogens (tertiary/aromatic N) is 1. The van der Waals surface area contributed by atoms with Crippen molar-refractivity contribution < 1.29 is 4.74 Å². The second-order valence-electron chi connectivity index (χ2n) is 6.23. The van der Waals surface area contributed by atoms with Gasteiger partial charge in [0.05, 0.1) is 12.7 Å². The Bertz CT molecular complexity index is 496. The Labute approximate surface area is 133 Å².